The van der Waals surface area contributed by atoms with E-state index in [1.165, 1.54) is 0 Å². The van der Waals surface area contributed by atoms with Gasteiger partial charge in [-0.05, 0) is 11.6 Å². The highest BCUT2D eigenvalue weighted by Crippen LogP contribution is 2.19. The third-order valence-electron chi connectivity index (χ3n) is 2.10. The second-order valence-electron chi connectivity index (χ2n) is 3.23. The van der Waals surface area contributed by atoms with Gasteiger partial charge >= 0.3 is 0 Å². The Morgan fingerprint density at radius 3 is 2.80 bits per heavy atom. The Morgan fingerprint density at radius 1 is 1.40 bits per heavy atom. The Labute approximate surface area is 92.7 Å². The zero-order valence-electron chi connectivity index (χ0n) is 7.94. The van der Waals surface area contributed by atoms with Crippen LogP contribution in [0.15, 0.2) is 36.6 Å². The molecule has 1 atom stereocenters. The molecular formula is C11H10ClNO2. The van der Waals surface area contributed by atoms with Gasteiger partial charge in [0, 0.05) is 5.56 Å². The van der Waals surface area contributed by atoms with Crippen molar-refractivity contribution < 1.29 is 9.53 Å². The maximum Gasteiger partial charge on any atom is 0.227 e. The topological polar surface area (TPSA) is 38.3 Å². The Bertz CT molecular complexity index is 389. The van der Waals surface area contributed by atoms with E-state index in [1.54, 1.807) is 6.26 Å². The maximum atomic E-state index is 10.7. The van der Waals surface area contributed by atoms with E-state index in [1.807, 2.05) is 30.3 Å². The van der Waals surface area contributed by atoms with Gasteiger partial charge in [-0.15, -0.1) is 0 Å². The van der Waals surface area contributed by atoms with Crippen LogP contribution in [0.25, 0.3) is 5.70 Å². The number of hydrogen-bond donors (Lipinski definition) is 1. The van der Waals surface area contributed by atoms with E-state index in [2.05, 4.69) is 5.32 Å². The normalized spacial score (nSPS) is 19.0. The molecule has 78 valence electrons. The molecule has 0 saturated carbocycles. The van der Waals surface area contributed by atoms with Crippen molar-refractivity contribution in [3.8, 4) is 0 Å². The van der Waals surface area contributed by atoms with Crippen LogP contribution in [0.2, 0.25) is 0 Å². The van der Waals surface area contributed by atoms with Gasteiger partial charge in [0.15, 0.2) is 6.23 Å². The van der Waals surface area contributed by atoms with Gasteiger partial charge < -0.3 is 10.1 Å². The number of halogens is 1. The van der Waals surface area contributed by atoms with Gasteiger partial charge in [0.25, 0.3) is 0 Å². The summed E-state index contributed by atoms with van der Waals surface area (Å²) < 4.78 is 5.25. The molecule has 0 radical (unpaired) electrons. The molecule has 1 aromatic carbocycles. The molecule has 0 aromatic heterocycles. The molecule has 0 spiro atoms. The summed E-state index contributed by atoms with van der Waals surface area (Å²) in [5.41, 5.74) is 1.90. The molecule has 15 heavy (non-hydrogen) atoms. The highest BCUT2D eigenvalue weighted by molar-refractivity contribution is 6.63. The lowest BCUT2D eigenvalue weighted by Gasteiger charge is -2.09. The van der Waals surface area contributed by atoms with Gasteiger partial charge in [0.05, 0.1) is 12.1 Å². The molecule has 1 aliphatic rings. The summed E-state index contributed by atoms with van der Waals surface area (Å²) >= 11 is 5.27. The summed E-state index contributed by atoms with van der Waals surface area (Å²) in [6.07, 6.45) is 1.43. The monoisotopic (exact) mass is 223 g/mol. The van der Waals surface area contributed by atoms with Crippen LogP contribution in [0, 0.1) is 0 Å². The molecule has 1 aliphatic heterocycles. The molecule has 0 bridgehead atoms. The first-order chi connectivity index (χ1) is 7.25. The zero-order chi connectivity index (χ0) is 10.7. The molecule has 3 nitrogen and oxygen atoms in total. The minimum absolute atomic E-state index is 0.161. The fourth-order valence-corrected chi connectivity index (χ4v) is 1.55. The molecule has 0 aliphatic carbocycles. The van der Waals surface area contributed by atoms with E-state index in [-0.39, 0.29) is 12.6 Å². The van der Waals surface area contributed by atoms with E-state index >= 15 is 0 Å². The van der Waals surface area contributed by atoms with Crippen molar-refractivity contribution in [3.63, 3.8) is 0 Å². The fraction of sp³-hybridized carbons (Fsp3) is 0.182. The van der Waals surface area contributed by atoms with Crippen LogP contribution in [-0.4, -0.2) is 11.5 Å². The van der Waals surface area contributed by atoms with Crippen LogP contribution < -0.4 is 5.32 Å². The Balaban J connectivity index is 2.01. The van der Waals surface area contributed by atoms with Gasteiger partial charge in [-0.1, -0.05) is 30.3 Å². The van der Waals surface area contributed by atoms with Gasteiger partial charge in [-0.2, -0.15) is 0 Å². The highest BCUT2D eigenvalue weighted by atomic mass is 35.5. The van der Waals surface area contributed by atoms with Crippen molar-refractivity contribution >= 4 is 22.5 Å². The number of carbonyl (C=O) groups is 1. The molecule has 0 amide bonds. The summed E-state index contributed by atoms with van der Waals surface area (Å²) in [5, 5.41) is 2.66. The van der Waals surface area contributed by atoms with Crippen molar-refractivity contribution in [2.75, 3.05) is 0 Å². The average Bonchev–Trinajstić information content (AvgIpc) is 2.67. The van der Waals surface area contributed by atoms with Crippen LogP contribution in [0.5, 0.6) is 0 Å². The van der Waals surface area contributed by atoms with Crippen LogP contribution in [0.3, 0.4) is 0 Å². The van der Waals surface area contributed by atoms with Crippen LogP contribution in [-0.2, 0) is 9.53 Å². The lowest BCUT2D eigenvalue weighted by atomic mass is 10.2. The van der Waals surface area contributed by atoms with E-state index in [0.717, 1.165) is 11.3 Å². The van der Waals surface area contributed by atoms with E-state index in [9.17, 15) is 4.79 Å². The number of benzene rings is 1. The van der Waals surface area contributed by atoms with Crippen LogP contribution >= 0.6 is 11.6 Å². The smallest absolute Gasteiger partial charge is 0.227 e. The second kappa shape index (κ2) is 4.36. The predicted octanol–water partition coefficient (Wildman–Crippen LogP) is 2.09. The first-order valence-electron chi connectivity index (χ1n) is 4.61. The van der Waals surface area contributed by atoms with Crippen molar-refractivity contribution in [1.82, 2.24) is 5.32 Å². The highest BCUT2D eigenvalue weighted by Gasteiger charge is 2.19. The Kier molecular flexibility index (Phi) is 2.92. The number of ether oxygens (including phenoxy) is 1. The Morgan fingerprint density at radius 2 is 2.13 bits per heavy atom. The van der Waals surface area contributed by atoms with Crippen LogP contribution in [0.1, 0.15) is 12.0 Å². The van der Waals surface area contributed by atoms with Crippen molar-refractivity contribution in [1.29, 1.82) is 0 Å². The first kappa shape index (κ1) is 10.1. The summed E-state index contributed by atoms with van der Waals surface area (Å²) in [6, 6.07) is 9.76. The minimum Gasteiger partial charge on any atom is -0.476 e. The second-order valence-corrected chi connectivity index (χ2v) is 3.65. The molecule has 1 unspecified atom stereocenters. The summed E-state index contributed by atoms with van der Waals surface area (Å²) in [5.74, 6) is 0. The number of carbonyl (C=O) groups excluding carboxylic acids is 1. The lowest BCUT2D eigenvalue weighted by Crippen LogP contribution is -2.25. The molecule has 1 N–H and O–H groups in total. The predicted molar refractivity (Wildman–Crippen MR) is 57.9 cm³/mol. The SMILES string of the molecule is O=C(Cl)CC1NC(c2ccccc2)=CO1. The standard InChI is InChI=1S/C11H10ClNO2/c12-10(14)6-11-13-9(7-15-11)8-4-2-1-3-5-8/h1-5,7,11,13H,6H2. The van der Waals surface area contributed by atoms with E-state index in [0.29, 0.717) is 0 Å². The summed E-state index contributed by atoms with van der Waals surface area (Å²) in [6.45, 7) is 0. The Hall–Kier alpha value is -1.48. The zero-order valence-corrected chi connectivity index (χ0v) is 8.70. The average molecular weight is 224 g/mol. The van der Waals surface area contributed by atoms with Gasteiger partial charge in [-0.3, -0.25) is 4.79 Å². The van der Waals surface area contributed by atoms with Gasteiger partial charge in [0.2, 0.25) is 5.24 Å². The van der Waals surface area contributed by atoms with Crippen LogP contribution in [0.4, 0.5) is 0 Å². The molecule has 0 saturated heterocycles. The van der Waals surface area contributed by atoms with Crippen molar-refractivity contribution in [2.24, 2.45) is 0 Å². The number of nitrogens with one attached hydrogen (secondary N) is 1. The number of rotatable bonds is 3. The van der Waals surface area contributed by atoms with E-state index < -0.39 is 5.24 Å². The molecule has 1 aromatic rings. The molecule has 4 heteroatoms. The third-order valence-corrected chi connectivity index (χ3v) is 2.25. The summed E-state index contributed by atoms with van der Waals surface area (Å²) in [7, 11) is 0. The first-order valence-corrected chi connectivity index (χ1v) is 4.99. The molecule has 0 fully saturated rings. The quantitative estimate of drug-likeness (QED) is 0.798. The molecule has 1 heterocycles. The van der Waals surface area contributed by atoms with Crippen molar-refractivity contribution in [2.45, 2.75) is 12.6 Å². The van der Waals surface area contributed by atoms with E-state index in [4.69, 9.17) is 16.3 Å². The maximum absolute atomic E-state index is 10.7. The number of hydrogen-bond acceptors (Lipinski definition) is 3. The molecule has 2 rings (SSSR count). The summed E-state index contributed by atoms with van der Waals surface area (Å²) in [4.78, 5) is 10.7. The fourth-order valence-electron chi connectivity index (χ4n) is 1.41. The van der Waals surface area contributed by atoms with Crippen molar-refractivity contribution in [3.05, 3.63) is 42.2 Å². The minimum atomic E-state index is -0.407. The molecular weight excluding hydrogens is 214 g/mol. The lowest BCUT2D eigenvalue weighted by molar-refractivity contribution is -0.113. The van der Waals surface area contributed by atoms with Gasteiger partial charge in [0.1, 0.15) is 6.26 Å². The largest absolute Gasteiger partial charge is 0.476 e. The van der Waals surface area contributed by atoms with Gasteiger partial charge in [-0.25, -0.2) is 0 Å². The third kappa shape index (κ3) is 2.50.